The number of carbonyl (C=O) groups is 1. The molecule has 0 aliphatic heterocycles. The van der Waals surface area contributed by atoms with E-state index in [2.05, 4.69) is 5.32 Å². The van der Waals surface area contributed by atoms with Gasteiger partial charge in [0.1, 0.15) is 0 Å². The van der Waals surface area contributed by atoms with Crippen molar-refractivity contribution in [3.8, 4) is 0 Å². The van der Waals surface area contributed by atoms with Crippen LogP contribution in [0.2, 0.25) is 0 Å². The molecule has 0 aliphatic rings. The molecule has 3 aromatic carbocycles. The second-order valence-corrected chi connectivity index (χ2v) is 5.51. The van der Waals surface area contributed by atoms with E-state index in [-0.39, 0.29) is 35.1 Å². The SMILES string of the molecule is O=C([O-])c1ccc(Nc2c3ccccc3nc3ccccc23)cc1.[Na+]. The van der Waals surface area contributed by atoms with Crippen molar-refractivity contribution in [2.24, 2.45) is 0 Å². The normalized spacial score (nSPS) is 10.4. The van der Waals surface area contributed by atoms with Crippen LogP contribution >= 0.6 is 0 Å². The van der Waals surface area contributed by atoms with Crippen LogP contribution < -0.4 is 40.0 Å². The molecule has 5 heteroatoms. The van der Waals surface area contributed by atoms with Crippen molar-refractivity contribution < 1.29 is 39.5 Å². The Labute approximate surface area is 166 Å². The van der Waals surface area contributed by atoms with E-state index in [4.69, 9.17) is 4.98 Å². The standard InChI is InChI=1S/C20H14N2O2.Na/c23-20(24)13-9-11-14(12-10-13)21-19-15-5-1-3-7-17(15)22-18-8-4-2-6-16(18)19;/h1-12H,(H,21,22)(H,23,24);/q;+1/p-1. The predicted octanol–water partition coefficient (Wildman–Crippen LogP) is 0.499. The zero-order valence-corrected chi connectivity index (χ0v) is 15.7. The number of benzene rings is 3. The summed E-state index contributed by atoms with van der Waals surface area (Å²) in [6.07, 6.45) is 0. The Bertz CT molecular complexity index is 1010. The van der Waals surface area contributed by atoms with Crippen LogP contribution in [0, 0.1) is 0 Å². The first kappa shape index (κ1) is 17.4. The average Bonchev–Trinajstić information content (AvgIpc) is 2.62. The van der Waals surface area contributed by atoms with Gasteiger partial charge in [0.05, 0.1) is 22.7 Å². The van der Waals surface area contributed by atoms with Gasteiger partial charge >= 0.3 is 29.6 Å². The molecule has 0 fully saturated rings. The number of aromatic carboxylic acids is 1. The molecule has 25 heavy (non-hydrogen) atoms. The van der Waals surface area contributed by atoms with E-state index >= 15 is 0 Å². The molecule has 0 atom stereocenters. The van der Waals surface area contributed by atoms with Gasteiger partial charge in [0.15, 0.2) is 0 Å². The summed E-state index contributed by atoms with van der Waals surface area (Å²) < 4.78 is 0. The van der Waals surface area contributed by atoms with Gasteiger partial charge in [0.2, 0.25) is 0 Å². The number of pyridine rings is 1. The number of hydrogen-bond donors (Lipinski definition) is 1. The molecule has 4 aromatic rings. The second-order valence-electron chi connectivity index (χ2n) is 5.51. The number of carboxylic acids is 1. The minimum absolute atomic E-state index is 0. The number of aromatic nitrogens is 1. The Morgan fingerprint density at radius 1 is 0.800 bits per heavy atom. The van der Waals surface area contributed by atoms with Crippen molar-refractivity contribution in [3.63, 3.8) is 0 Å². The van der Waals surface area contributed by atoms with Crippen molar-refractivity contribution in [1.29, 1.82) is 0 Å². The monoisotopic (exact) mass is 336 g/mol. The van der Waals surface area contributed by atoms with Crippen LogP contribution in [0.5, 0.6) is 0 Å². The summed E-state index contributed by atoms with van der Waals surface area (Å²) in [5, 5.41) is 16.3. The maximum absolute atomic E-state index is 10.9. The van der Waals surface area contributed by atoms with Crippen LogP contribution in [-0.4, -0.2) is 11.0 Å². The van der Waals surface area contributed by atoms with Crippen LogP contribution in [-0.2, 0) is 0 Å². The van der Waals surface area contributed by atoms with E-state index in [0.29, 0.717) is 0 Å². The largest absolute Gasteiger partial charge is 1.00 e. The third kappa shape index (κ3) is 3.37. The first-order valence-electron chi connectivity index (χ1n) is 7.58. The van der Waals surface area contributed by atoms with E-state index in [1.165, 1.54) is 12.1 Å². The third-order valence-corrected chi connectivity index (χ3v) is 3.98. The van der Waals surface area contributed by atoms with Crippen molar-refractivity contribution in [2.75, 3.05) is 5.32 Å². The molecule has 0 spiro atoms. The number of rotatable bonds is 3. The fourth-order valence-electron chi connectivity index (χ4n) is 2.81. The van der Waals surface area contributed by atoms with Gasteiger partial charge in [-0.2, -0.15) is 0 Å². The molecular formula is C20H13N2NaO2. The number of hydrogen-bond acceptors (Lipinski definition) is 4. The molecule has 0 radical (unpaired) electrons. The molecule has 0 unspecified atom stereocenters. The summed E-state index contributed by atoms with van der Waals surface area (Å²) in [7, 11) is 0. The molecule has 0 aliphatic carbocycles. The van der Waals surface area contributed by atoms with E-state index in [9.17, 15) is 9.90 Å². The Balaban J connectivity index is 0.00000182. The van der Waals surface area contributed by atoms with Gasteiger partial charge in [0.25, 0.3) is 0 Å². The fourth-order valence-corrected chi connectivity index (χ4v) is 2.81. The zero-order chi connectivity index (χ0) is 16.5. The molecule has 4 rings (SSSR count). The molecule has 4 nitrogen and oxygen atoms in total. The molecule has 0 saturated heterocycles. The van der Waals surface area contributed by atoms with Crippen LogP contribution in [0.15, 0.2) is 72.8 Å². The number of carbonyl (C=O) groups excluding carboxylic acids is 1. The maximum Gasteiger partial charge on any atom is 1.00 e. The van der Waals surface area contributed by atoms with Gasteiger partial charge in [-0.25, -0.2) is 4.98 Å². The second kappa shape index (κ2) is 7.23. The number of carboxylic acid groups (broad SMARTS) is 1. The van der Waals surface area contributed by atoms with Gasteiger partial charge < -0.3 is 15.2 Å². The molecule has 0 amide bonds. The summed E-state index contributed by atoms with van der Waals surface area (Å²) in [5.74, 6) is -1.18. The fraction of sp³-hybridized carbons (Fsp3) is 0. The Morgan fingerprint density at radius 2 is 1.32 bits per heavy atom. The van der Waals surface area contributed by atoms with Crippen molar-refractivity contribution >= 4 is 39.1 Å². The quantitative estimate of drug-likeness (QED) is 0.437. The van der Waals surface area contributed by atoms with Gasteiger partial charge in [-0.3, -0.25) is 0 Å². The number of anilines is 2. The van der Waals surface area contributed by atoms with Crippen molar-refractivity contribution in [2.45, 2.75) is 0 Å². The van der Waals surface area contributed by atoms with Crippen LogP contribution in [0.3, 0.4) is 0 Å². The van der Waals surface area contributed by atoms with E-state index in [1.807, 2.05) is 48.5 Å². The molecule has 1 heterocycles. The Hall–Kier alpha value is -2.40. The Morgan fingerprint density at radius 3 is 1.84 bits per heavy atom. The van der Waals surface area contributed by atoms with E-state index in [1.54, 1.807) is 12.1 Å². The minimum Gasteiger partial charge on any atom is -0.545 e. The summed E-state index contributed by atoms with van der Waals surface area (Å²) in [6.45, 7) is 0. The van der Waals surface area contributed by atoms with Crippen LogP contribution in [0.1, 0.15) is 10.4 Å². The first-order chi connectivity index (χ1) is 11.7. The van der Waals surface area contributed by atoms with E-state index < -0.39 is 5.97 Å². The number of fused-ring (bicyclic) bond motifs is 2. The van der Waals surface area contributed by atoms with Crippen molar-refractivity contribution in [3.05, 3.63) is 78.4 Å². The zero-order valence-electron chi connectivity index (χ0n) is 13.7. The van der Waals surface area contributed by atoms with Crippen LogP contribution in [0.4, 0.5) is 11.4 Å². The minimum atomic E-state index is -1.18. The summed E-state index contributed by atoms with van der Waals surface area (Å²) >= 11 is 0. The average molecular weight is 336 g/mol. The molecule has 116 valence electrons. The predicted molar refractivity (Wildman–Crippen MR) is 93.3 cm³/mol. The molecule has 0 bridgehead atoms. The van der Waals surface area contributed by atoms with Gasteiger partial charge in [-0.1, -0.05) is 48.5 Å². The number of nitrogens with one attached hydrogen (secondary N) is 1. The number of para-hydroxylation sites is 2. The molecular weight excluding hydrogens is 323 g/mol. The summed E-state index contributed by atoms with van der Waals surface area (Å²) in [5.41, 5.74) is 3.74. The summed E-state index contributed by atoms with van der Waals surface area (Å²) in [4.78, 5) is 15.6. The van der Waals surface area contributed by atoms with Gasteiger partial charge in [-0.05, 0) is 29.8 Å². The smallest absolute Gasteiger partial charge is 0.545 e. The third-order valence-electron chi connectivity index (χ3n) is 3.98. The van der Waals surface area contributed by atoms with Gasteiger partial charge in [0, 0.05) is 16.5 Å². The van der Waals surface area contributed by atoms with Crippen molar-refractivity contribution in [1.82, 2.24) is 4.98 Å². The summed E-state index contributed by atoms with van der Waals surface area (Å²) in [6, 6.07) is 22.4. The molecule has 1 aromatic heterocycles. The topological polar surface area (TPSA) is 65.0 Å². The Kier molecular flexibility index (Phi) is 5.04. The first-order valence-corrected chi connectivity index (χ1v) is 7.58. The van der Waals surface area contributed by atoms with Gasteiger partial charge in [-0.15, -0.1) is 0 Å². The molecule has 0 saturated carbocycles. The number of nitrogens with zero attached hydrogens (tertiary/aromatic N) is 1. The molecule has 1 N–H and O–H groups in total. The maximum atomic E-state index is 10.9. The van der Waals surface area contributed by atoms with E-state index in [0.717, 1.165) is 33.2 Å². The van der Waals surface area contributed by atoms with Crippen LogP contribution in [0.25, 0.3) is 21.8 Å².